The standard InChI is InChI=1S/C16H15NO3/c1-19-16-8-12(9-17)5-6-14(16)11-20-15-4-2-3-13(7-15)10-18/h2-8,18H,10-11H2,1H3. The summed E-state index contributed by atoms with van der Waals surface area (Å²) < 4.78 is 10.9. The third kappa shape index (κ3) is 3.28. The molecule has 4 nitrogen and oxygen atoms in total. The van der Waals surface area contributed by atoms with Crippen LogP contribution in [0.25, 0.3) is 0 Å². The highest BCUT2D eigenvalue weighted by Crippen LogP contribution is 2.22. The van der Waals surface area contributed by atoms with Crippen molar-refractivity contribution in [2.75, 3.05) is 7.11 Å². The van der Waals surface area contributed by atoms with E-state index < -0.39 is 0 Å². The molecule has 0 heterocycles. The van der Waals surface area contributed by atoms with Crippen LogP contribution in [0.1, 0.15) is 16.7 Å². The summed E-state index contributed by atoms with van der Waals surface area (Å²) in [6.45, 7) is 0.321. The van der Waals surface area contributed by atoms with Crippen molar-refractivity contribution in [1.29, 1.82) is 5.26 Å². The Morgan fingerprint density at radius 3 is 2.75 bits per heavy atom. The van der Waals surface area contributed by atoms with Gasteiger partial charge in [0.25, 0.3) is 0 Å². The van der Waals surface area contributed by atoms with Crippen LogP contribution < -0.4 is 9.47 Å². The summed E-state index contributed by atoms with van der Waals surface area (Å²) >= 11 is 0. The van der Waals surface area contributed by atoms with Gasteiger partial charge in [-0.1, -0.05) is 18.2 Å². The molecule has 2 aromatic carbocycles. The lowest BCUT2D eigenvalue weighted by atomic mass is 10.1. The van der Waals surface area contributed by atoms with Gasteiger partial charge in [-0.05, 0) is 29.8 Å². The van der Waals surface area contributed by atoms with Crippen molar-refractivity contribution in [1.82, 2.24) is 0 Å². The number of methoxy groups -OCH3 is 1. The molecule has 0 aromatic heterocycles. The van der Waals surface area contributed by atoms with Crippen LogP contribution in [0.3, 0.4) is 0 Å². The van der Waals surface area contributed by atoms with E-state index in [4.69, 9.17) is 19.8 Å². The van der Waals surface area contributed by atoms with E-state index in [1.165, 1.54) is 0 Å². The van der Waals surface area contributed by atoms with Crippen LogP contribution in [0.5, 0.6) is 11.5 Å². The predicted molar refractivity (Wildman–Crippen MR) is 74.4 cm³/mol. The first-order chi connectivity index (χ1) is 9.76. The SMILES string of the molecule is COc1cc(C#N)ccc1COc1cccc(CO)c1. The monoisotopic (exact) mass is 269 g/mol. The van der Waals surface area contributed by atoms with Gasteiger partial charge in [0.1, 0.15) is 18.1 Å². The second-order valence-corrected chi connectivity index (χ2v) is 4.23. The Balaban J connectivity index is 2.12. The molecule has 0 unspecified atom stereocenters. The number of benzene rings is 2. The Labute approximate surface area is 117 Å². The molecule has 102 valence electrons. The fraction of sp³-hybridized carbons (Fsp3) is 0.188. The molecule has 0 amide bonds. The molecule has 4 heteroatoms. The number of nitriles is 1. The van der Waals surface area contributed by atoms with Gasteiger partial charge in [-0.25, -0.2) is 0 Å². The molecule has 0 fully saturated rings. The van der Waals surface area contributed by atoms with Gasteiger partial charge in [0.15, 0.2) is 0 Å². The normalized spacial score (nSPS) is 9.85. The van der Waals surface area contributed by atoms with Crippen molar-refractivity contribution in [2.45, 2.75) is 13.2 Å². The predicted octanol–water partition coefficient (Wildman–Crippen LogP) is 2.64. The third-order valence-electron chi connectivity index (χ3n) is 2.89. The molecule has 0 radical (unpaired) electrons. The zero-order valence-electron chi connectivity index (χ0n) is 11.2. The van der Waals surface area contributed by atoms with Gasteiger partial charge in [0.05, 0.1) is 25.3 Å². The number of ether oxygens (including phenoxy) is 2. The molecular formula is C16H15NO3. The maximum atomic E-state index is 9.08. The minimum absolute atomic E-state index is 0.0165. The fourth-order valence-corrected chi connectivity index (χ4v) is 1.83. The molecule has 0 aliphatic heterocycles. The molecule has 0 aliphatic carbocycles. The van der Waals surface area contributed by atoms with E-state index in [0.29, 0.717) is 23.7 Å². The van der Waals surface area contributed by atoms with Crippen LogP contribution in [-0.2, 0) is 13.2 Å². The van der Waals surface area contributed by atoms with Crippen molar-refractivity contribution in [2.24, 2.45) is 0 Å². The molecule has 0 spiro atoms. The maximum Gasteiger partial charge on any atom is 0.126 e. The van der Waals surface area contributed by atoms with Gasteiger partial charge < -0.3 is 14.6 Å². The second kappa shape index (κ2) is 6.60. The van der Waals surface area contributed by atoms with E-state index in [0.717, 1.165) is 11.1 Å². The summed E-state index contributed by atoms with van der Waals surface area (Å²) in [6.07, 6.45) is 0. The second-order valence-electron chi connectivity index (χ2n) is 4.23. The van der Waals surface area contributed by atoms with Crippen LogP contribution in [0, 0.1) is 11.3 Å². The molecule has 2 aromatic rings. The van der Waals surface area contributed by atoms with Crippen molar-refractivity contribution in [3.63, 3.8) is 0 Å². The molecule has 2 rings (SSSR count). The highest BCUT2D eigenvalue weighted by Gasteiger charge is 2.05. The lowest BCUT2D eigenvalue weighted by molar-refractivity contribution is 0.276. The quantitative estimate of drug-likeness (QED) is 0.906. The molecule has 1 N–H and O–H groups in total. The molecule has 0 atom stereocenters. The maximum absolute atomic E-state index is 9.08. The van der Waals surface area contributed by atoms with Crippen LogP contribution in [-0.4, -0.2) is 12.2 Å². The largest absolute Gasteiger partial charge is 0.496 e. The molecule has 0 bridgehead atoms. The van der Waals surface area contributed by atoms with E-state index in [2.05, 4.69) is 6.07 Å². The van der Waals surface area contributed by atoms with E-state index in [-0.39, 0.29) is 6.61 Å². The fourth-order valence-electron chi connectivity index (χ4n) is 1.83. The van der Waals surface area contributed by atoms with Gasteiger partial charge in [0.2, 0.25) is 0 Å². The lowest BCUT2D eigenvalue weighted by Crippen LogP contribution is -1.99. The molecule has 0 saturated carbocycles. The van der Waals surface area contributed by atoms with Crippen LogP contribution in [0.2, 0.25) is 0 Å². The highest BCUT2D eigenvalue weighted by atomic mass is 16.5. The summed E-state index contributed by atoms with van der Waals surface area (Å²) in [5, 5.41) is 17.9. The number of hydrogen-bond donors (Lipinski definition) is 1. The van der Waals surface area contributed by atoms with E-state index >= 15 is 0 Å². The van der Waals surface area contributed by atoms with Gasteiger partial charge in [-0.2, -0.15) is 5.26 Å². The summed E-state index contributed by atoms with van der Waals surface area (Å²) in [5.74, 6) is 1.31. The van der Waals surface area contributed by atoms with Gasteiger partial charge in [-0.3, -0.25) is 0 Å². The number of rotatable bonds is 5. The smallest absolute Gasteiger partial charge is 0.126 e. The molecule has 0 saturated heterocycles. The minimum Gasteiger partial charge on any atom is -0.496 e. The van der Waals surface area contributed by atoms with Crippen molar-refractivity contribution in [3.05, 3.63) is 59.2 Å². The first kappa shape index (κ1) is 13.9. The van der Waals surface area contributed by atoms with Crippen LogP contribution in [0.15, 0.2) is 42.5 Å². The number of aliphatic hydroxyl groups excluding tert-OH is 1. The Morgan fingerprint density at radius 2 is 2.05 bits per heavy atom. The summed E-state index contributed by atoms with van der Waals surface area (Å²) in [5.41, 5.74) is 2.21. The molecular weight excluding hydrogens is 254 g/mol. The number of nitrogens with zero attached hydrogens (tertiary/aromatic N) is 1. The third-order valence-corrected chi connectivity index (χ3v) is 2.89. The van der Waals surface area contributed by atoms with Crippen LogP contribution >= 0.6 is 0 Å². The van der Waals surface area contributed by atoms with E-state index in [9.17, 15) is 0 Å². The minimum atomic E-state index is -0.0165. The van der Waals surface area contributed by atoms with Crippen molar-refractivity contribution >= 4 is 0 Å². The number of hydrogen-bond acceptors (Lipinski definition) is 4. The van der Waals surface area contributed by atoms with Crippen molar-refractivity contribution < 1.29 is 14.6 Å². The van der Waals surface area contributed by atoms with Gasteiger partial charge >= 0.3 is 0 Å². The molecule has 0 aliphatic rings. The zero-order valence-corrected chi connectivity index (χ0v) is 11.2. The summed E-state index contributed by atoms with van der Waals surface area (Å²) in [4.78, 5) is 0. The number of aliphatic hydroxyl groups is 1. The van der Waals surface area contributed by atoms with E-state index in [1.807, 2.05) is 24.3 Å². The van der Waals surface area contributed by atoms with E-state index in [1.54, 1.807) is 25.3 Å². The van der Waals surface area contributed by atoms with Gasteiger partial charge in [0, 0.05) is 5.56 Å². The highest BCUT2D eigenvalue weighted by molar-refractivity contribution is 5.42. The van der Waals surface area contributed by atoms with Crippen LogP contribution in [0.4, 0.5) is 0 Å². The first-order valence-electron chi connectivity index (χ1n) is 6.16. The topological polar surface area (TPSA) is 62.5 Å². The first-order valence-corrected chi connectivity index (χ1v) is 6.16. The average molecular weight is 269 g/mol. The Hall–Kier alpha value is -2.51. The lowest BCUT2D eigenvalue weighted by Gasteiger charge is -2.11. The average Bonchev–Trinajstić information content (AvgIpc) is 2.52. The zero-order chi connectivity index (χ0) is 14.4. The summed E-state index contributed by atoms with van der Waals surface area (Å²) in [6, 6.07) is 14.6. The Kier molecular flexibility index (Phi) is 4.59. The molecule has 20 heavy (non-hydrogen) atoms. The Morgan fingerprint density at radius 1 is 1.20 bits per heavy atom. The summed E-state index contributed by atoms with van der Waals surface area (Å²) in [7, 11) is 1.56. The Bertz CT molecular complexity index is 632. The van der Waals surface area contributed by atoms with Crippen molar-refractivity contribution in [3.8, 4) is 17.6 Å². The van der Waals surface area contributed by atoms with Gasteiger partial charge in [-0.15, -0.1) is 0 Å².